The van der Waals surface area contributed by atoms with E-state index in [0.717, 1.165) is 51.4 Å². The van der Waals surface area contributed by atoms with Crippen LogP contribution in [0.2, 0.25) is 0 Å². The van der Waals surface area contributed by atoms with Gasteiger partial charge in [-0.05, 0) is 80.0 Å². The van der Waals surface area contributed by atoms with Gasteiger partial charge in [0.15, 0.2) is 0 Å². The molecule has 0 saturated heterocycles. The van der Waals surface area contributed by atoms with Gasteiger partial charge >= 0.3 is 0 Å². The average molecular weight is 322 g/mol. The fraction of sp³-hybridized carbons (Fsp3) is 0.900. The SMILES string of the molecule is C=C1CCC2[C@H](O)C(C3(C)CCC(O)CC3CCO)CCC12C. The van der Waals surface area contributed by atoms with E-state index in [1.54, 1.807) is 0 Å². The van der Waals surface area contributed by atoms with Gasteiger partial charge in [0.05, 0.1) is 12.2 Å². The Labute approximate surface area is 140 Å². The number of fused-ring (bicyclic) bond motifs is 1. The highest BCUT2D eigenvalue weighted by Gasteiger charge is 2.56. The summed E-state index contributed by atoms with van der Waals surface area (Å²) in [7, 11) is 0. The molecule has 3 N–H and O–H groups in total. The summed E-state index contributed by atoms with van der Waals surface area (Å²) in [4.78, 5) is 0. The maximum absolute atomic E-state index is 11.2. The fourth-order valence-corrected chi connectivity index (χ4v) is 6.22. The van der Waals surface area contributed by atoms with Crippen LogP contribution >= 0.6 is 0 Å². The molecule has 3 rings (SSSR count). The molecule has 0 radical (unpaired) electrons. The van der Waals surface area contributed by atoms with Crippen LogP contribution in [0.4, 0.5) is 0 Å². The lowest BCUT2D eigenvalue weighted by atomic mass is 9.51. The second-order valence-electron chi connectivity index (χ2n) is 8.95. The summed E-state index contributed by atoms with van der Waals surface area (Å²) in [5.41, 5.74) is 1.48. The standard InChI is InChI=1S/C20H34O3/c1-13-4-5-16-18(23)17(7-10-19(13,16)2)20(3)9-6-15(22)12-14(20)8-11-21/h14-18,21-23H,1,4-12H2,2-3H3/t14?,15?,16?,17?,18-,19?,20?/m0/s1. The Bertz CT molecular complexity index is 462. The van der Waals surface area contributed by atoms with Gasteiger partial charge in [-0.25, -0.2) is 0 Å². The van der Waals surface area contributed by atoms with Crippen molar-refractivity contribution in [3.8, 4) is 0 Å². The van der Waals surface area contributed by atoms with Crippen molar-refractivity contribution < 1.29 is 15.3 Å². The van der Waals surface area contributed by atoms with Crippen LogP contribution in [0, 0.1) is 28.6 Å². The summed E-state index contributed by atoms with van der Waals surface area (Å²) in [6.45, 7) is 9.05. The quantitative estimate of drug-likeness (QED) is 0.699. The molecule has 0 aromatic rings. The molecule has 0 spiro atoms. The predicted octanol–water partition coefficient (Wildman–Crippen LogP) is 3.28. The maximum atomic E-state index is 11.2. The largest absolute Gasteiger partial charge is 0.396 e. The molecular weight excluding hydrogens is 288 g/mol. The Morgan fingerprint density at radius 1 is 1.09 bits per heavy atom. The number of aliphatic hydroxyl groups is 3. The molecule has 3 saturated carbocycles. The molecule has 0 aromatic carbocycles. The van der Waals surface area contributed by atoms with Gasteiger partial charge in [0, 0.05) is 6.61 Å². The molecule has 0 bridgehead atoms. The zero-order valence-corrected chi connectivity index (χ0v) is 14.8. The molecule has 0 aromatic heterocycles. The van der Waals surface area contributed by atoms with Gasteiger partial charge in [-0.2, -0.15) is 0 Å². The Hall–Kier alpha value is -0.380. The first-order valence-electron chi connectivity index (χ1n) is 9.48. The Balaban J connectivity index is 1.84. The van der Waals surface area contributed by atoms with Crippen LogP contribution < -0.4 is 0 Å². The van der Waals surface area contributed by atoms with E-state index in [2.05, 4.69) is 20.4 Å². The van der Waals surface area contributed by atoms with Crippen LogP contribution in [-0.4, -0.2) is 34.1 Å². The molecule has 3 aliphatic rings. The highest BCUT2D eigenvalue weighted by Crippen LogP contribution is 2.61. The third kappa shape index (κ3) is 2.69. The fourth-order valence-electron chi connectivity index (χ4n) is 6.22. The number of hydrogen-bond acceptors (Lipinski definition) is 3. The van der Waals surface area contributed by atoms with Crippen molar-refractivity contribution in [2.45, 2.75) is 77.4 Å². The van der Waals surface area contributed by atoms with E-state index in [0.29, 0.717) is 11.8 Å². The molecule has 7 atom stereocenters. The zero-order valence-electron chi connectivity index (χ0n) is 14.8. The summed E-state index contributed by atoms with van der Waals surface area (Å²) < 4.78 is 0. The van der Waals surface area contributed by atoms with Gasteiger partial charge in [0.1, 0.15) is 0 Å². The van der Waals surface area contributed by atoms with Crippen LogP contribution in [-0.2, 0) is 0 Å². The molecule has 3 fully saturated rings. The summed E-state index contributed by atoms with van der Waals surface area (Å²) in [5, 5.41) is 30.8. The van der Waals surface area contributed by atoms with E-state index >= 15 is 0 Å². The van der Waals surface area contributed by atoms with Crippen molar-refractivity contribution >= 4 is 0 Å². The molecular formula is C20H34O3. The number of rotatable bonds is 3. The third-order valence-electron chi connectivity index (χ3n) is 8.01. The normalized spacial score (nSPS) is 50.8. The molecule has 0 amide bonds. The first kappa shape index (κ1) is 17.4. The second kappa shape index (κ2) is 6.16. The molecule has 6 unspecified atom stereocenters. The van der Waals surface area contributed by atoms with Crippen LogP contribution in [0.15, 0.2) is 12.2 Å². The molecule has 3 aliphatic carbocycles. The lowest BCUT2D eigenvalue weighted by molar-refractivity contribution is -0.121. The molecule has 132 valence electrons. The van der Waals surface area contributed by atoms with E-state index in [-0.39, 0.29) is 35.6 Å². The smallest absolute Gasteiger partial charge is 0.0610 e. The van der Waals surface area contributed by atoms with Crippen molar-refractivity contribution in [2.24, 2.45) is 28.6 Å². The van der Waals surface area contributed by atoms with E-state index in [4.69, 9.17) is 0 Å². The van der Waals surface area contributed by atoms with Gasteiger partial charge in [-0.15, -0.1) is 0 Å². The number of allylic oxidation sites excluding steroid dienone is 1. The van der Waals surface area contributed by atoms with Crippen molar-refractivity contribution in [1.82, 2.24) is 0 Å². The van der Waals surface area contributed by atoms with Gasteiger partial charge in [-0.3, -0.25) is 0 Å². The average Bonchev–Trinajstić information content (AvgIpc) is 2.80. The lowest BCUT2D eigenvalue weighted by Crippen LogP contribution is -2.52. The van der Waals surface area contributed by atoms with Gasteiger partial charge in [0.25, 0.3) is 0 Å². The van der Waals surface area contributed by atoms with Crippen LogP contribution in [0.3, 0.4) is 0 Å². The Kier molecular flexibility index (Phi) is 4.67. The number of hydrogen-bond donors (Lipinski definition) is 3. The van der Waals surface area contributed by atoms with Crippen molar-refractivity contribution in [3.63, 3.8) is 0 Å². The van der Waals surface area contributed by atoms with E-state index < -0.39 is 0 Å². The zero-order chi connectivity index (χ0) is 16.8. The third-order valence-corrected chi connectivity index (χ3v) is 8.01. The number of aliphatic hydroxyl groups excluding tert-OH is 3. The van der Waals surface area contributed by atoms with Gasteiger partial charge in [-0.1, -0.05) is 26.0 Å². The molecule has 0 aliphatic heterocycles. The van der Waals surface area contributed by atoms with Crippen molar-refractivity contribution in [1.29, 1.82) is 0 Å². The van der Waals surface area contributed by atoms with Crippen LogP contribution in [0.1, 0.15) is 65.2 Å². The van der Waals surface area contributed by atoms with Crippen LogP contribution in [0.5, 0.6) is 0 Å². The van der Waals surface area contributed by atoms with Crippen molar-refractivity contribution in [2.75, 3.05) is 6.61 Å². The lowest BCUT2D eigenvalue weighted by Gasteiger charge is -2.55. The van der Waals surface area contributed by atoms with Crippen molar-refractivity contribution in [3.05, 3.63) is 12.2 Å². The van der Waals surface area contributed by atoms with E-state index in [9.17, 15) is 15.3 Å². The molecule has 23 heavy (non-hydrogen) atoms. The summed E-state index contributed by atoms with van der Waals surface area (Å²) in [6.07, 6.45) is 7.09. The Morgan fingerprint density at radius 2 is 1.83 bits per heavy atom. The van der Waals surface area contributed by atoms with E-state index in [1.807, 2.05) is 0 Å². The maximum Gasteiger partial charge on any atom is 0.0610 e. The first-order valence-corrected chi connectivity index (χ1v) is 9.48. The summed E-state index contributed by atoms with van der Waals surface area (Å²) >= 11 is 0. The molecule has 0 heterocycles. The van der Waals surface area contributed by atoms with Crippen LogP contribution in [0.25, 0.3) is 0 Å². The minimum Gasteiger partial charge on any atom is -0.396 e. The molecule has 3 heteroatoms. The predicted molar refractivity (Wildman–Crippen MR) is 91.9 cm³/mol. The second-order valence-corrected chi connectivity index (χ2v) is 8.95. The monoisotopic (exact) mass is 322 g/mol. The van der Waals surface area contributed by atoms with Gasteiger partial charge < -0.3 is 15.3 Å². The topological polar surface area (TPSA) is 60.7 Å². The van der Waals surface area contributed by atoms with E-state index in [1.165, 1.54) is 5.57 Å². The highest BCUT2D eigenvalue weighted by molar-refractivity contribution is 5.21. The summed E-state index contributed by atoms with van der Waals surface area (Å²) in [5.74, 6) is 0.938. The first-order chi connectivity index (χ1) is 10.8. The highest BCUT2D eigenvalue weighted by atomic mass is 16.3. The minimum absolute atomic E-state index is 0.0344. The minimum atomic E-state index is -0.269. The van der Waals surface area contributed by atoms with Gasteiger partial charge in [0.2, 0.25) is 0 Å². The summed E-state index contributed by atoms with van der Waals surface area (Å²) in [6, 6.07) is 0. The Morgan fingerprint density at radius 3 is 2.52 bits per heavy atom. The molecule has 3 nitrogen and oxygen atoms in total.